The summed E-state index contributed by atoms with van der Waals surface area (Å²) < 4.78 is 0. The van der Waals surface area contributed by atoms with Crippen molar-refractivity contribution in [3.63, 3.8) is 0 Å². The van der Waals surface area contributed by atoms with Crippen molar-refractivity contribution < 1.29 is 0 Å². The smallest absolute Gasteiger partial charge is 0.0594 e. The molecule has 0 aromatic heterocycles. The topological polar surface area (TPSA) is 0 Å². The highest BCUT2D eigenvalue weighted by Gasteiger charge is 2.34. The van der Waals surface area contributed by atoms with Crippen molar-refractivity contribution in [2.45, 2.75) is 79.1 Å². The molecule has 0 radical (unpaired) electrons. The first kappa shape index (κ1) is 25.0. The Morgan fingerprint density at radius 2 is 0.684 bits per heavy atom. The van der Waals surface area contributed by atoms with Crippen LogP contribution in [-0.4, -0.2) is 24.6 Å². The van der Waals surface area contributed by atoms with Gasteiger partial charge in [0.05, 0.1) is 24.6 Å². The van der Waals surface area contributed by atoms with Crippen LogP contribution < -0.4 is 0 Å². The van der Waals surface area contributed by atoms with Crippen LogP contribution in [0, 0.1) is 0 Å². The maximum absolute atomic E-state index is 2.36. The van der Waals surface area contributed by atoms with Crippen molar-refractivity contribution in [1.82, 2.24) is 0 Å². The molecule has 0 aromatic rings. The van der Waals surface area contributed by atoms with E-state index >= 15 is 0 Å². The molecule has 0 fully saturated rings. The Balaban J connectivity index is -0.00000128. The quantitative estimate of drug-likeness (QED) is 0.336. The van der Waals surface area contributed by atoms with Gasteiger partial charge in [-0.1, -0.05) is 53.4 Å². The van der Waals surface area contributed by atoms with E-state index in [1.807, 2.05) is 0 Å². The molecule has 0 aliphatic carbocycles. The molecule has 0 spiro atoms. The Kier molecular flexibility index (Phi) is 22.4. The molecular weight excluding hydrogens is 294 g/mol. The molecule has 0 amide bonds. The van der Waals surface area contributed by atoms with Crippen LogP contribution in [0.1, 0.15) is 79.1 Å². The van der Waals surface area contributed by atoms with E-state index in [0.717, 1.165) is 0 Å². The summed E-state index contributed by atoms with van der Waals surface area (Å²) in [4.78, 5) is 0. The third kappa shape index (κ3) is 12.5. The highest BCUT2D eigenvalue weighted by Crippen LogP contribution is 2.61. The molecule has 0 heterocycles. The second kappa shape index (κ2) is 17.1. The molecule has 0 rings (SSSR count). The van der Waals surface area contributed by atoms with Crippen molar-refractivity contribution >= 4 is 32.1 Å². The van der Waals surface area contributed by atoms with Crippen LogP contribution >= 0.6 is 32.1 Å². The zero-order valence-electron chi connectivity index (χ0n) is 13.7. The molecule has 0 aliphatic rings. The Labute approximate surface area is 136 Å². The second-order valence-corrected chi connectivity index (χ2v) is 10.1. The summed E-state index contributed by atoms with van der Waals surface area (Å²) in [5.74, 6) is 0. The Hall–Kier alpha value is 1.01. The number of halogens is 2. The molecule has 120 valence electrons. The van der Waals surface area contributed by atoms with Gasteiger partial charge in [0.15, 0.2) is 0 Å². The predicted molar refractivity (Wildman–Crippen MR) is 101 cm³/mol. The summed E-state index contributed by atoms with van der Waals surface area (Å²) in [5.41, 5.74) is 0. The largest absolute Gasteiger partial charge is 0.147 e. The summed E-state index contributed by atoms with van der Waals surface area (Å²) in [6.45, 7) is 9.42. The highest BCUT2D eigenvalue weighted by molar-refractivity contribution is 7.75. The van der Waals surface area contributed by atoms with E-state index in [9.17, 15) is 0 Å². The lowest BCUT2D eigenvalue weighted by Crippen LogP contribution is -2.12. The first-order chi connectivity index (χ1) is 8.24. The van der Waals surface area contributed by atoms with Crippen LogP contribution in [0.25, 0.3) is 0 Å². The van der Waals surface area contributed by atoms with Crippen molar-refractivity contribution in [3.05, 3.63) is 0 Å². The van der Waals surface area contributed by atoms with Crippen molar-refractivity contribution in [3.8, 4) is 0 Å². The van der Waals surface area contributed by atoms with Gasteiger partial charge in [0.1, 0.15) is 0 Å². The minimum atomic E-state index is -0.562. The molecular formula is C16H38Cl2P+. The fraction of sp³-hybridized carbons (Fsp3) is 1.00. The van der Waals surface area contributed by atoms with E-state index in [1.54, 1.807) is 24.6 Å². The minimum Gasteiger partial charge on any atom is -0.147 e. The first-order valence-electron chi connectivity index (χ1n) is 8.09. The van der Waals surface area contributed by atoms with E-state index in [2.05, 4.69) is 27.7 Å². The fourth-order valence-corrected chi connectivity index (χ4v) is 7.93. The van der Waals surface area contributed by atoms with Crippen LogP contribution in [0.4, 0.5) is 0 Å². The lowest BCUT2D eigenvalue weighted by atomic mass is 10.4. The van der Waals surface area contributed by atoms with E-state index in [0.29, 0.717) is 0 Å². The highest BCUT2D eigenvalue weighted by atomic mass is 35.5. The average Bonchev–Trinajstić information content (AvgIpc) is 2.37. The van der Waals surface area contributed by atoms with E-state index in [-0.39, 0.29) is 24.8 Å². The lowest BCUT2D eigenvalue weighted by molar-refractivity contribution is 0.814. The summed E-state index contributed by atoms with van der Waals surface area (Å²) in [5, 5.41) is 0. The molecule has 0 atom stereocenters. The number of unbranched alkanes of at least 4 members (excludes halogenated alkanes) is 4. The summed E-state index contributed by atoms with van der Waals surface area (Å²) in [6.07, 6.45) is 17.9. The second-order valence-electron chi connectivity index (χ2n) is 5.65. The summed E-state index contributed by atoms with van der Waals surface area (Å²) in [7, 11) is -0.562. The molecule has 0 bridgehead atoms. The molecule has 0 nitrogen and oxygen atoms in total. The number of rotatable bonds is 12. The third-order valence-corrected chi connectivity index (χ3v) is 9.00. The van der Waals surface area contributed by atoms with Gasteiger partial charge in [-0.25, -0.2) is 0 Å². The Morgan fingerprint density at radius 3 is 0.842 bits per heavy atom. The van der Waals surface area contributed by atoms with Gasteiger partial charge in [0.2, 0.25) is 0 Å². The summed E-state index contributed by atoms with van der Waals surface area (Å²) in [6, 6.07) is 0. The van der Waals surface area contributed by atoms with E-state index < -0.39 is 7.26 Å². The zero-order valence-corrected chi connectivity index (χ0v) is 16.3. The maximum Gasteiger partial charge on any atom is 0.0594 e. The molecule has 0 unspecified atom stereocenters. The standard InChI is InChI=1S/C16H36P.2ClH/c1-5-9-13-17(14-10-6-2,15-11-7-3)16-12-8-4;;/h5-16H2,1-4H3;2*1H/q+1;;. The normalized spacial score (nSPS) is 10.7. The van der Waals surface area contributed by atoms with Crippen LogP contribution in [-0.2, 0) is 0 Å². The molecule has 19 heavy (non-hydrogen) atoms. The van der Waals surface area contributed by atoms with Crippen LogP contribution in [0.2, 0.25) is 0 Å². The predicted octanol–water partition coefficient (Wildman–Crippen LogP) is 7.05. The van der Waals surface area contributed by atoms with Gasteiger partial charge in [0, 0.05) is 7.26 Å². The van der Waals surface area contributed by atoms with Gasteiger partial charge in [-0.3, -0.25) is 0 Å². The molecule has 0 saturated heterocycles. The van der Waals surface area contributed by atoms with Gasteiger partial charge in [-0.15, -0.1) is 24.8 Å². The Morgan fingerprint density at radius 1 is 0.474 bits per heavy atom. The first-order valence-corrected chi connectivity index (χ1v) is 10.6. The van der Waals surface area contributed by atoms with Gasteiger partial charge in [0.25, 0.3) is 0 Å². The van der Waals surface area contributed by atoms with Gasteiger partial charge >= 0.3 is 0 Å². The number of hydrogen-bond donors (Lipinski definition) is 0. The summed E-state index contributed by atoms with van der Waals surface area (Å²) >= 11 is 0. The SMILES string of the molecule is CCCC[P+](CCCC)(CCCC)CCCC.Cl.Cl. The maximum atomic E-state index is 2.36. The molecule has 0 saturated carbocycles. The monoisotopic (exact) mass is 331 g/mol. The van der Waals surface area contributed by atoms with Crippen molar-refractivity contribution in [1.29, 1.82) is 0 Å². The van der Waals surface area contributed by atoms with Crippen LogP contribution in [0.3, 0.4) is 0 Å². The molecule has 0 aliphatic heterocycles. The third-order valence-electron chi connectivity index (χ3n) is 3.94. The minimum absolute atomic E-state index is 0. The zero-order chi connectivity index (χ0) is 13.0. The van der Waals surface area contributed by atoms with E-state index in [4.69, 9.17) is 0 Å². The van der Waals surface area contributed by atoms with Gasteiger partial charge in [-0.05, 0) is 25.7 Å². The fourth-order valence-electron chi connectivity index (χ4n) is 2.64. The van der Waals surface area contributed by atoms with Crippen LogP contribution in [0.15, 0.2) is 0 Å². The molecule has 3 heteroatoms. The van der Waals surface area contributed by atoms with Crippen molar-refractivity contribution in [2.75, 3.05) is 24.6 Å². The van der Waals surface area contributed by atoms with Gasteiger partial charge in [-0.2, -0.15) is 0 Å². The van der Waals surface area contributed by atoms with Gasteiger partial charge < -0.3 is 0 Å². The lowest BCUT2D eigenvalue weighted by Gasteiger charge is -2.28. The number of hydrogen-bond acceptors (Lipinski definition) is 0. The molecule has 0 aromatic carbocycles. The molecule has 0 N–H and O–H groups in total. The average molecular weight is 332 g/mol. The van der Waals surface area contributed by atoms with Crippen molar-refractivity contribution in [2.24, 2.45) is 0 Å². The van der Waals surface area contributed by atoms with E-state index in [1.165, 1.54) is 51.4 Å². The Bertz CT molecular complexity index is 125. The van der Waals surface area contributed by atoms with Crippen LogP contribution in [0.5, 0.6) is 0 Å².